The van der Waals surface area contributed by atoms with Crippen LogP contribution in [0.25, 0.3) is 6.08 Å². The number of nitro benzene ring substituents is 1. The van der Waals surface area contributed by atoms with E-state index in [1.807, 2.05) is 25.1 Å². The fourth-order valence-electron chi connectivity index (χ4n) is 3.64. The van der Waals surface area contributed by atoms with Crippen LogP contribution in [0.5, 0.6) is 5.75 Å². The Labute approximate surface area is 238 Å². The van der Waals surface area contributed by atoms with Gasteiger partial charge in [-0.2, -0.15) is 0 Å². The second-order valence-electron chi connectivity index (χ2n) is 8.25. The van der Waals surface area contributed by atoms with Gasteiger partial charge in [0.2, 0.25) is 0 Å². The van der Waals surface area contributed by atoms with Crippen molar-refractivity contribution in [3.05, 3.63) is 96.4 Å². The molecule has 1 saturated heterocycles. The highest BCUT2D eigenvalue weighted by Crippen LogP contribution is 2.36. The first-order chi connectivity index (χ1) is 18.5. The maximum atomic E-state index is 13.1. The number of aryl methyl sites for hydroxylation is 1. The van der Waals surface area contributed by atoms with E-state index in [2.05, 4.69) is 42.5 Å². The number of barbiturate groups is 1. The van der Waals surface area contributed by atoms with Gasteiger partial charge >= 0.3 is 6.03 Å². The van der Waals surface area contributed by atoms with Gasteiger partial charge in [0.1, 0.15) is 11.3 Å². The van der Waals surface area contributed by atoms with Gasteiger partial charge in [0, 0.05) is 17.8 Å². The number of anilines is 2. The highest BCUT2D eigenvalue weighted by molar-refractivity contribution is 9.11. The van der Waals surface area contributed by atoms with E-state index in [0.29, 0.717) is 30.8 Å². The van der Waals surface area contributed by atoms with Gasteiger partial charge in [-0.15, -0.1) is 0 Å². The standard InChI is InChI=1S/C26H18Br2N4O7/c1-14-3-2-4-16(9-14)29-22(33)13-39-23-20(27)11-15(12-21(23)28)10-19-24(34)30-26(36)31(25(19)35)17-5-7-18(8-6-17)32(37)38/h2-12H,13H2,1H3,(H,29,33)(H,30,34,36)/b19-10-. The number of nitro groups is 1. The van der Waals surface area contributed by atoms with E-state index < -0.39 is 22.8 Å². The summed E-state index contributed by atoms with van der Waals surface area (Å²) in [4.78, 5) is 61.3. The zero-order valence-corrected chi connectivity index (χ0v) is 23.2. The highest BCUT2D eigenvalue weighted by atomic mass is 79.9. The van der Waals surface area contributed by atoms with Crippen molar-refractivity contribution in [2.75, 3.05) is 16.8 Å². The van der Waals surface area contributed by atoms with Crippen LogP contribution >= 0.6 is 31.9 Å². The van der Waals surface area contributed by atoms with E-state index in [1.54, 1.807) is 18.2 Å². The molecule has 0 spiro atoms. The zero-order chi connectivity index (χ0) is 28.3. The van der Waals surface area contributed by atoms with Crippen LogP contribution in [0, 0.1) is 17.0 Å². The van der Waals surface area contributed by atoms with Crippen LogP contribution in [0.3, 0.4) is 0 Å². The summed E-state index contributed by atoms with van der Waals surface area (Å²) in [5.41, 5.74) is 1.53. The van der Waals surface area contributed by atoms with E-state index >= 15 is 0 Å². The maximum absolute atomic E-state index is 13.1. The molecule has 0 atom stereocenters. The summed E-state index contributed by atoms with van der Waals surface area (Å²) in [5, 5.41) is 15.8. The summed E-state index contributed by atoms with van der Waals surface area (Å²) in [6.07, 6.45) is 1.28. The first kappa shape index (κ1) is 27.7. The SMILES string of the molecule is Cc1cccc(NC(=O)COc2c(Br)cc(/C=C3/C(=O)NC(=O)N(c4ccc([N+](=O)[O-])cc4)C3=O)cc2Br)c1. The van der Waals surface area contributed by atoms with Gasteiger partial charge < -0.3 is 10.1 Å². The van der Waals surface area contributed by atoms with Gasteiger partial charge in [-0.1, -0.05) is 12.1 Å². The van der Waals surface area contributed by atoms with Gasteiger partial charge in [-0.3, -0.25) is 29.8 Å². The lowest BCUT2D eigenvalue weighted by Gasteiger charge is -2.26. The molecule has 1 heterocycles. The summed E-state index contributed by atoms with van der Waals surface area (Å²) in [6.45, 7) is 1.63. The quantitative estimate of drug-likeness (QED) is 0.155. The van der Waals surface area contributed by atoms with Crippen LogP contribution in [0.1, 0.15) is 11.1 Å². The third kappa shape index (κ3) is 6.38. The number of imide groups is 2. The first-order valence-electron chi connectivity index (χ1n) is 11.2. The molecule has 3 aromatic rings. The number of nitrogens with one attached hydrogen (secondary N) is 2. The normalized spacial score (nSPS) is 14.3. The largest absolute Gasteiger partial charge is 0.481 e. The molecule has 0 saturated carbocycles. The average Bonchev–Trinajstić information content (AvgIpc) is 2.86. The third-order valence-corrected chi connectivity index (χ3v) is 6.58. The van der Waals surface area contributed by atoms with Crippen molar-refractivity contribution in [2.24, 2.45) is 0 Å². The van der Waals surface area contributed by atoms with Gasteiger partial charge in [0.05, 0.1) is 19.6 Å². The van der Waals surface area contributed by atoms with Crippen molar-refractivity contribution in [3.63, 3.8) is 0 Å². The minimum absolute atomic E-state index is 0.0524. The number of hydrogen-bond acceptors (Lipinski definition) is 7. The van der Waals surface area contributed by atoms with Crippen molar-refractivity contribution in [2.45, 2.75) is 6.92 Å². The zero-order valence-electron chi connectivity index (χ0n) is 20.1. The number of rotatable bonds is 7. The molecule has 4 rings (SSSR count). The molecular weight excluding hydrogens is 640 g/mol. The number of carbonyl (C=O) groups excluding carboxylic acids is 4. The Balaban J connectivity index is 1.52. The molecule has 1 aliphatic rings. The van der Waals surface area contributed by atoms with Gasteiger partial charge in [-0.05, 0) is 92.4 Å². The number of benzene rings is 3. The van der Waals surface area contributed by atoms with Gasteiger partial charge in [0.25, 0.3) is 23.4 Å². The number of nitrogens with zero attached hydrogens (tertiary/aromatic N) is 2. The molecule has 3 aromatic carbocycles. The summed E-state index contributed by atoms with van der Waals surface area (Å²) >= 11 is 6.75. The molecule has 13 heteroatoms. The van der Waals surface area contributed by atoms with Crippen molar-refractivity contribution < 1.29 is 28.8 Å². The minimum Gasteiger partial charge on any atom is -0.481 e. The second-order valence-corrected chi connectivity index (χ2v) is 9.96. The first-order valence-corrected chi connectivity index (χ1v) is 12.8. The van der Waals surface area contributed by atoms with E-state index in [9.17, 15) is 29.3 Å². The number of ether oxygens (including phenoxy) is 1. The van der Waals surface area contributed by atoms with E-state index in [4.69, 9.17) is 4.74 Å². The number of carbonyl (C=O) groups is 4. The molecule has 2 N–H and O–H groups in total. The molecule has 0 unspecified atom stereocenters. The molecule has 1 fully saturated rings. The predicted molar refractivity (Wildman–Crippen MR) is 149 cm³/mol. The van der Waals surface area contributed by atoms with Crippen molar-refractivity contribution in [3.8, 4) is 5.75 Å². The molecule has 0 bridgehead atoms. The van der Waals surface area contributed by atoms with Crippen LogP contribution < -0.4 is 20.3 Å². The van der Waals surface area contributed by atoms with Crippen LogP contribution in [0.15, 0.2) is 75.2 Å². The topological polar surface area (TPSA) is 148 Å². The summed E-state index contributed by atoms with van der Waals surface area (Å²) in [7, 11) is 0. The molecule has 198 valence electrons. The van der Waals surface area contributed by atoms with Crippen LogP contribution in [0.2, 0.25) is 0 Å². The maximum Gasteiger partial charge on any atom is 0.335 e. The molecule has 11 nitrogen and oxygen atoms in total. The molecule has 0 aliphatic carbocycles. The number of halogens is 2. The fourth-order valence-corrected chi connectivity index (χ4v) is 5.09. The minimum atomic E-state index is -0.981. The summed E-state index contributed by atoms with van der Waals surface area (Å²) in [5.74, 6) is -1.86. The molecule has 39 heavy (non-hydrogen) atoms. The summed E-state index contributed by atoms with van der Waals surface area (Å²) in [6, 6.07) is 14.2. The lowest BCUT2D eigenvalue weighted by Crippen LogP contribution is -2.54. The Morgan fingerprint density at radius 1 is 1.08 bits per heavy atom. The van der Waals surface area contributed by atoms with Crippen LogP contribution in [-0.4, -0.2) is 35.3 Å². The molecule has 0 aromatic heterocycles. The number of non-ortho nitro benzene ring substituents is 1. The van der Waals surface area contributed by atoms with Gasteiger partial charge in [0.15, 0.2) is 6.61 Å². The Morgan fingerprint density at radius 2 is 1.74 bits per heavy atom. The molecule has 0 radical (unpaired) electrons. The molecule has 5 amide bonds. The van der Waals surface area contributed by atoms with E-state index in [1.165, 1.54) is 18.2 Å². The Hall–Kier alpha value is -4.36. The average molecular weight is 658 g/mol. The van der Waals surface area contributed by atoms with Gasteiger partial charge in [-0.25, -0.2) is 9.69 Å². The number of urea groups is 1. The van der Waals surface area contributed by atoms with Crippen molar-refractivity contribution in [1.82, 2.24) is 5.32 Å². The molecular formula is C26H18Br2N4O7. The van der Waals surface area contributed by atoms with Crippen LogP contribution in [-0.2, 0) is 14.4 Å². The van der Waals surface area contributed by atoms with Crippen LogP contribution in [0.4, 0.5) is 21.9 Å². The predicted octanol–water partition coefficient (Wildman–Crippen LogP) is 5.11. The monoisotopic (exact) mass is 656 g/mol. The van der Waals surface area contributed by atoms with Crippen molar-refractivity contribution >= 4 is 78.8 Å². The Kier molecular flexibility index (Phi) is 8.21. The van der Waals surface area contributed by atoms with E-state index in [0.717, 1.165) is 17.7 Å². The lowest BCUT2D eigenvalue weighted by molar-refractivity contribution is -0.384. The summed E-state index contributed by atoms with van der Waals surface area (Å²) < 4.78 is 6.52. The smallest absolute Gasteiger partial charge is 0.335 e. The number of hydrogen-bond donors (Lipinski definition) is 2. The van der Waals surface area contributed by atoms with E-state index in [-0.39, 0.29) is 29.5 Å². The fraction of sp³-hybridized carbons (Fsp3) is 0.0769. The Morgan fingerprint density at radius 3 is 2.36 bits per heavy atom. The second kappa shape index (κ2) is 11.6. The molecule has 1 aliphatic heterocycles. The Bertz CT molecular complexity index is 1530. The van der Waals surface area contributed by atoms with Crippen molar-refractivity contribution in [1.29, 1.82) is 0 Å². The number of amides is 5. The highest BCUT2D eigenvalue weighted by Gasteiger charge is 2.37. The lowest BCUT2D eigenvalue weighted by atomic mass is 10.1. The third-order valence-electron chi connectivity index (χ3n) is 5.40.